The molecule has 1 aromatic rings. The molecule has 1 aromatic carbocycles. The number of hydrogen-bond acceptors (Lipinski definition) is 2. The zero-order valence-corrected chi connectivity index (χ0v) is 10.5. The highest BCUT2D eigenvalue weighted by Gasteiger charge is 2.22. The Balaban J connectivity index is 2.78. The van der Waals surface area contributed by atoms with Crippen molar-refractivity contribution in [1.29, 1.82) is 0 Å². The van der Waals surface area contributed by atoms with Crippen molar-refractivity contribution >= 4 is 29.3 Å². The summed E-state index contributed by atoms with van der Waals surface area (Å²) in [4.78, 5) is 23.3. The van der Waals surface area contributed by atoms with Gasteiger partial charge in [-0.2, -0.15) is 0 Å². The van der Waals surface area contributed by atoms with Crippen LogP contribution in [-0.2, 0) is 4.79 Å². The quantitative estimate of drug-likeness (QED) is 0.889. The third-order valence-corrected chi connectivity index (χ3v) is 2.67. The fourth-order valence-corrected chi connectivity index (χ4v) is 1.29. The number of benzene rings is 1. The maximum absolute atomic E-state index is 13.4. The van der Waals surface area contributed by atoms with Crippen molar-refractivity contribution in [2.24, 2.45) is 0 Å². The highest BCUT2D eigenvalue weighted by Crippen LogP contribution is 2.19. The molecule has 2 N–H and O–H groups in total. The summed E-state index contributed by atoms with van der Waals surface area (Å²) >= 11 is 5.57. The van der Waals surface area contributed by atoms with E-state index in [1.54, 1.807) is 0 Å². The number of carbonyl (C=O) groups excluding carboxylic acids is 1. The first kappa shape index (κ1) is 14.2. The van der Waals surface area contributed by atoms with Crippen molar-refractivity contribution in [3.05, 3.63) is 29.0 Å². The zero-order chi connectivity index (χ0) is 13.9. The fourth-order valence-electron chi connectivity index (χ4n) is 1.14. The number of amides is 2. The fraction of sp³-hybridized carbons (Fsp3) is 0.273. The number of nitrogens with zero attached hydrogens (tertiary/aromatic N) is 1. The number of likely N-dealkylation sites (N-methyl/N-ethyl adjacent to an activating group) is 1. The van der Waals surface area contributed by atoms with E-state index in [2.05, 4.69) is 5.32 Å². The number of rotatable bonds is 3. The van der Waals surface area contributed by atoms with Crippen molar-refractivity contribution in [3.63, 3.8) is 0 Å². The average molecular weight is 275 g/mol. The number of carboxylic acids is 1. The van der Waals surface area contributed by atoms with Crippen LogP contribution in [0.5, 0.6) is 0 Å². The number of hydrogen-bond donors (Lipinski definition) is 2. The predicted molar refractivity (Wildman–Crippen MR) is 65.3 cm³/mol. The molecule has 0 fully saturated rings. The molecule has 0 saturated carbocycles. The molecule has 2 amide bonds. The Hall–Kier alpha value is -1.82. The molecule has 0 heterocycles. The van der Waals surface area contributed by atoms with Gasteiger partial charge in [0.2, 0.25) is 0 Å². The Morgan fingerprint density at radius 3 is 2.61 bits per heavy atom. The summed E-state index contributed by atoms with van der Waals surface area (Å²) in [6.45, 7) is 1.35. The van der Waals surface area contributed by atoms with Crippen LogP contribution in [0.3, 0.4) is 0 Å². The van der Waals surface area contributed by atoms with Crippen LogP contribution in [0.4, 0.5) is 14.9 Å². The van der Waals surface area contributed by atoms with Crippen molar-refractivity contribution in [3.8, 4) is 0 Å². The van der Waals surface area contributed by atoms with E-state index in [1.165, 1.54) is 26.1 Å². The molecule has 18 heavy (non-hydrogen) atoms. The van der Waals surface area contributed by atoms with E-state index in [1.807, 2.05) is 0 Å². The smallest absolute Gasteiger partial charge is 0.326 e. The lowest BCUT2D eigenvalue weighted by atomic mass is 10.3. The number of carbonyl (C=O) groups is 2. The molecule has 7 heteroatoms. The maximum atomic E-state index is 13.4. The van der Waals surface area contributed by atoms with E-state index in [4.69, 9.17) is 16.7 Å². The van der Waals surface area contributed by atoms with E-state index in [0.29, 0.717) is 0 Å². The summed E-state index contributed by atoms with van der Waals surface area (Å²) in [5.41, 5.74) is -0.0613. The summed E-state index contributed by atoms with van der Waals surface area (Å²) in [5, 5.41) is 11.2. The monoisotopic (exact) mass is 274 g/mol. The number of anilines is 1. The average Bonchev–Trinajstić information content (AvgIpc) is 2.30. The number of aliphatic carboxylic acids is 1. The molecule has 0 aliphatic carbocycles. The van der Waals surface area contributed by atoms with Crippen LogP contribution in [0, 0.1) is 5.82 Å². The summed E-state index contributed by atoms with van der Waals surface area (Å²) in [7, 11) is 1.31. The number of carboxylic acid groups (broad SMARTS) is 1. The standard InChI is InChI=1S/C11H12ClFN2O3/c1-6(10(16)17)15(2)11(18)14-9-4-3-7(12)5-8(9)13/h3-6H,1-2H3,(H,14,18)(H,16,17). The van der Waals surface area contributed by atoms with Gasteiger partial charge in [-0.3, -0.25) is 0 Å². The SMILES string of the molecule is CC(C(=O)O)N(C)C(=O)Nc1ccc(Cl)cc1F. The van der Waals surface area contributed by atoms with E-state index in [-0.39, 0.29) is 10.7 Å². The van der Waals surface area contributed by atoms with Gasteiger partial charge in [0.15, 0.2) is 0 Å². The van der Waals surface area contributed by atoms with Crippen molar-refractivity contribution in [1.82, 2.24) is 4.90 Å². The van der Waals surface area contributed by atoms with Crippen LogP contribution in [-0.4, -0.2) is 35.1 Å². The van der Waals surface area contributed by atoms with Crippen molar-refractivity contribution < 1.29 is 19.1 Å². The minimum absolute atomic E-state index is 0.0613. The third-order valence-electron chi connectivity index (χ3n) is 2.43. The first-order valence-electron chi connectivity index (χ1n) is 5.04. The first-order chi connectivity index (χ1) is 8.32. The first-order valence-corrected chi connectivity index (χ1v) is 5.42. The maximum Gasteiger partial charge on any atom is 0.326 e. The highest BCUT2D eigenvalue weighted by molar-refractivity contribution is 6.30. The summed E-state index contributed by atoms with van der Waals surface area (Å²) in [6.07, 6.45) is 0. The summed E-state index contributed by atoms with van der Waals surface area (Å²) in [5.74, 6) is -1.84. The molecule has 0 aromatic heterocycles. The molecule has 5 nitrogen and oxygen atoms in total. The van der Waals surface area contributed by atoms with Crippen molar-refractivity contribution in [2.75, 3.05) is 12.4 Å². The van der Waals surface area contributed by atoms with Crippen LogP contribution < -0.4 is 5.32 Å². The lowest BCUT2D eigenvalue weighted by molar-refractivity contribution is -0.141. The Morgan fingerprint density at radius 2 is 2.11 bits per heavy atom. The second kappa shape index (κ2) is 5.68. The predicted octanol–water partition coefficient (Wildman–Crippen LogP) is 2.42. The number of urea groups is 1. The minimum Gasteiger partial charge on any atom is -0.480 e. The zero-order valence-electron chi connectivity index (χ0n) is 9.78. The van der Waals surface area contributed by atoms with Gasteiger partial charge >= 0.3 is 12.0 Å². The van der Waals surface area contributed by atoms with Gasteiger partial charge in [0, 0.05) is 12.1 Å². The Labute approximate surface area is 108 Å². The van der Waals surface area contributed by atoms with Gasteiger partial charge in [-0.1, -0.05) is 11.6 Å². The molecule has 0 aliphatic heterocycles. The van der Waals surface area contributed by atoms with E-state index >= 15 is 0 Å². The molecule has 1 unspecified atom stereocenters. The topological polar surface area (TPSA) is 69.6 Å². The lowest BCUT2D eigenvalue weighted by Gasteiger charge is -2.21. The highest BCUT2D eigenvalue weighted by atomic mass is 35.5. The number of halogens is 2. The van der Waals surface area contributed by atoms with Gasteiger partial charge in [-0.05, 0) is 25.1 Å². The van der Waals surface area contributed by atoms with Gasteiger partial charge in [0.05, 0.1) is 5.69 Å². The Bertz CT molecular complexity index is 481. The molecule has 98 valence electrons. The second-order valence-corrected chi connectivity index (χ2v) is 4.12. The van der Waals surface area contributed by atoms with Gasteiger partial charge < -0.3 is 15.3 Å². The van der Waals surface area contributed by atoms with Crippen LogP contribution in [0.15, 0.2) is 18.2 Å². The molecule has 1 atom stereocenters. The molecule has 0 radical (unpaired) electrons. The second-order valence-electron chi connectivity index (χ2n) is 3.68. The van der Waals surface area contributed by atoms with Crippen LogP contribution in [0.25, 0.3) is 0 Å². The van der Waals surface area contributed by atoms with Gasteiger partial charge in [-0.25, -0.2) is 14.0 Å². The Kier molecular flexibility index (Phi) is 4.49. The molecular weight excluding hydrogens is 263 g/mol. The van der Waals surface area contributed by atoms with Gasteiger partial charge in [-0.15, -0.1) is 0 Å². The molecule has 0 bridgehead atoms. The van der Waals surface area contributed by atoms with E-state index < -0.39 is 23.9 Å². The summed E-state index contributed by atoms with van der Waals surface area (Å²) in [6, 6.07) is 2.04. The van der Waals surface area contributed by atoms with Gasteiger partial charge in [0.25, 0.3) is 0 Å². The molecule has 0 saturated heterocycles. The van der Waals surface area contributed by atoms with Gasteiger partial charge in [0.1, 0.15) is 11.9 Å². The molecule has 0 spiro atoms. The van der Waals surface area contributed by atoms with Crippen LogP contribution in [0.1, 0.15) is 6.92 Å². The Morgan fingerprint density at radius 1 is 1.50 bits per heavy atom. The molecule has 0 aliphatic rings. The normalized spacial score (nSPS) is 11.8. The molecular formula is C11H12ClFN2O3. The summed E-state index contributed by atoms with van der Waals surface area (Å²) < 4.78 is 13.4. The molecule has 1 rings (SSSR count). The number of nitrogens with one attached hydrogen (secondary N) is 1. The minimum atomic E-state index is -1.15. The third kappa shape index (κ3) is 3.33. The van der Waals surface area contributed by atoms with Crippen molar-refractivity contribution in [2.45, 2.75) is 13.0 Å². The van der Waals surface area contributed by atoms with Crippen LogP contribution in [0.2, 0.25) is 5.02 Å². The van der Waals surface area contributed by atoms with E-state index in [0.717, 1.165) is 11.0 Å². The largest absolute Gasteiger partial charge is 0.480 e. The van der Waals surface area contributed by atoms with Crippen LogP contribution >= 0.6 is 11.6 Å². The lowest BCUT2D eigenvalue weighted by Crippen LogP contribution is -2.42. The van der Waals surface area contributed by atoms with E-state index in [9.17, 15) is 14.0 Å².